The van der Waals surface area contributed by atoms with Crippen LogP contribution in [0.25, 0.3) is 0 Å². The maximum atomic E-state index is 13.6. The van der Waals surface area contributed by atoms with Gasteiger partial charge in [-0.25, -0.2) is 31.7 Å². The molecule has 0 saturated carbocycles. The smallest absolute Gasteiger partial charge is 0.335 e. The quantitative estimate of drug-likeness (QED) is 0.757. The first-order valence-electron chi connectivity index (χ1n) is 5.51. The van der Waals surface area contributed by atoms with Crippen molar-refractivity contribution in [2.45, 2.75) is 11.4 Å². The largest absolute Gasteiger partial charge is 0.478 e. The van der Waals surface area contributed by atoms with Gasteiger partial charge in [0.05, 0.1) is 12.1 Å². The summed E-state index contributed by atoms with van der Waals surface area (Å²) in [5, 5.41) is 8.75. The third-order valence-corrected chi connectivity index (χ3v) is 3.92. The van der Waals surface area contributed by atoms with E-state index in [1.165, 1.54) is 12.4 Å². The molecule has 21 heavy (non-hydrogen) atoms. The molecule has 0 aliphatic heterocycles. The molecule has 0 fully saturated rings. The van der Waals surface area contributed by atoms with Crippen LogP contribution in [0.15, 0.2) is 29.4 Å². The zero-order chi connectivity index (χ0) is 15.6. The summed E-state index contributed by atoms with van der Waals surface area (Å²) >= 11 is 0. The first-order valence-corrected chi connectivity index (χ1v) is 7.00. The Morgan fingerprint density at radius 3 is 2.67 bits per heavy atom. The molecule has 7 nitrogen and oxygen atoms in total. The second kappa shape index (κ2) is 5.58. The van der Waals surface area contributed by atoms with Crippen LogP contribution in [0.4, 0.5) is 8.78 Å². The standard InChI is InChI=1S/C11H9F2N3O4S/c12-7-3-6(11(17)18)4-8(10(7)13)21(19,20)16-5-9-14-1-2-15-9/h1-4,16H,5H2,(H,14,15)(H,17,18). The highest BCUT2D eigenvalue weighted by molar-refractivity contribution is 7.89. The van der Waals surface area contributed by atoms with Crippen LogP contribution < -0.4 is 4.72 Å². The Hall–Kier alpha value is -2.33. The SMILES string of the molecule is O=C(O)c1cc(F)c(F)c(S(=O)(=O)NCc2ncc[nH]2)c1. The van der Waals surface area contributed by atoms with Crippen molar-refractivity contribution in [3.05, 3.63) is 47.5 Å². The molecule has 0 saturated heterocycles. The predicted molar refractivity (Wildman–Crippen MR) is 65.9 cm³/mol. The van der Waals surface area contributed by atoms with Gasteiger partial charge in [0.15, 0.2) is 11.6 Å². The lowest BCUT2D eigenvalue weighted by Gasteiger charge is -2.08. The number of aromatic amines is 1. The van der Waals surface area contributed by atoms with Crippen LogP contribution in [0.5, 0.6) is 0 Å². The van der Waals surface area contributed by atoms with Gasteiger partial charge in [0, 0.05) is 12.4 Å². The maximum absolute atomic E-state index is 13.6. The number of nitrogens with one attached hydrogen (secondary N) is 2. The molecular weight excluding hydrogens is 308 g/mol. The van der Waals surface area contributed by atoms with Crippen LogP contribution in [0.2, 0.25) is 0 Å². The molecule has 112 valence electrons. The van der Waals surface area contributed by atoms with Gasteiger partial charge in [-0.2, -0.15) is 0 Å². The number of halogens is 2. The monoisotopic (exact) mass is 317 g/mol. The number of rotatable bonds is 5. The van der Waals surface area contributed by atoms with Crippen LogP contribution in [-0.4, -0.2) is 29.5 Å². The first-order chi connectivity index (χ1) is 9.81. The third kappa shape index (κ3) is 3.23. The lowest BCUT2D eigenvalue weighted by atomic mass is 10.2. The molecule has 0 bridgehead atoms. The Bertz CT molecular complexity index is 775. The van der Waals surface area contributed by atoms with E-state index < -0.39 is 38.1 Å². The topological polar surface area (TPSA) is 112 Å². The van der Waals surface area contributed by atoms with E-state index in [4.69, 9.17) is 5.11 Å². The summed E-state index contributed by atoms with van der Waals surface area (Å²) in [5.74, 6) is -4.52. The summed E-state index contributed by atoms with van der Waals surface area (Å²) in [5.41, 5.74) is -0.674. The Labute approximate surface area is 117 Å². The number of hydrogen-bond donors (Lipinski definition) is 3. The number of benzene rings is 1. The summed E-state index contributed by atoms with van der Waals surface area (Å²) in [6.45, 7) is -0.284. The molecule has 2 rings (SSSR count). The molecule has 1 aromatic heterocycles. The van der Waals surface area contributed by atoms with Crippen molar-refractivity contribution < 1.29 is 27.1 Å². The number of carboxylic acid groups (broad SMARTS) is 1. The molecule has 0 amide bonds. The fourth-order valence-electron chi connectivity index (χ4n) is 1.52. The molecule has 0 radical (unpaired) electrons. The van der Waals surface area contributed by atoms with E-state index in [2.05, 4.69) is 9.97 Å². The summed E-state index contributed by atoms with van der Waals surface area (Å²) < 4.78 is 52.7. The molecule has 0 aliphatic rings. The van der Waals surface area contributed by atoms with E-state index in [1.807, 2.05) is 4.72 Å². The van der Waals surface area contributed by atoms with Gasteiger partial charge in [-0.3, -0.25) is 0 Å². The van der Waals surface area contributed by atoms with Crippen molar-refractivity contribution in [2.24, 2.45) is 0 Å². The summed E-state index contributed by atoms with van der Waals surface area (Å²) in [6.07, 6.45) is 2.84. The second-order valence-electron chi connectivity index (χ2n) is 3.94. The van der Waals surface area contributed by atoms with Crippen LogP contribution >= 0.6 is 0 Å². The van der Waals surface area contributed by atoms with Crippen molar-refractivity contribution in [1.82, 2.24) is 14.7 Å². The second-order valence-corrected chi connectivity index (χ2v) is 5.67. The third-order valence-electron chi connectivity index (χ3n) is 2.52. The van der Waals surface area contributed by atoms with Gasteiger partial charge in [-0.1, -0.05) is 0 Å². The Morgan fingerprint density at radius 2 is 2.10 bits per heavy atom. The van der Waals surface area contributed by atoms with Crippen molar-refractivity contribution in [3.8, 4) is 0 Å². The van der Waals surface area contributed by atoms with E-state index in [-0.39, 0.29) is 12.4 Å². The van der Waals surface area contributed by atoms with Crippen LogP contribution in [-0.2, 0) is 16.6 Å². The molecule has 1 aromatic carbocycles. The van der Waals surface area contributed by atoms with E-state index in [0.717, 1.165) is 0 Å². The van der Waals surface area contributed by atoms with Crippen LogP contribution in [0.3, 0.4) is 0 Å². The Morgan fingerprint density at radius 1 is 1.38 bits per heavy atom. The molecule has 0 atom stereocenters. The normalized spacial score (nSPS) is 11.5. The van der Waals surface area contributed by atoms with Gasteiger partial charge < -0.3 is 10.1 Å². The molecule has 1 heterocycles. The zero-order valence-electron chi connectivity index (χ0n) is 10.3. The number of aromatic nitrogens is 2. The summed E-state index contributed by atoms with van der Waals surface area (Å²) in [7, 11) is -4.43. The number of sulfonamides is 1. The molecule has 2 aromatic rings. The summed E-state index contributed by atoms with van der Waals surface area (Å²) in [6, 6.07) is 0.953. The van der Waals surface area contributed by atoms with Crippen molar-refractivity contribution in [2.75, 3.05) is 0 Å². The van der Waals surface area contributed by atoms with E-state index in [0.29, 0.717) is 12.1 Å². The van der Waals surface area contributed by atoms with Gasteiger partial charge in [-0.15, -0.1) is 0 Å². The highest BCUT2D eigenvalue weighted by Gasteiger charge is 2.24. The Balaban J connectivity index is 2.37. The number of nitrogens with zero attached hydrogens (tertiary/aromatic N) is 1. The molecule has 10 heteroatoms. The molecule has 0 spiro atoms. The number of hydrogen-bond acceptors (Lipinski definition) is 4. The van der Waals surface area contributed by atoms with Gasteiger partial charge in [0.1, 0.15) is 10.7 Å². The van der Waals surface area contributed by atoms with Crippen molar-refractivity contribution in [1.29, 1.82) is 0 Å². The molecule has 3 N–H and O–H groups in total. The van der Waals surface area contributed by atoms with Crippen molar-refractivity contribution in [3.63, 3.8) is 0 Å². The van der Waals surface area contributed by atoms with E-state index in [1.54, 1.807) is 0 Å². The van der Waals surface area contributed by atoms with Crippen LogP contribution in [0.1, 0.15) is 16.2 Å². The Kier molecular flexibility index (Phi) is 4.00. The highest BCUT2D eigenvalue weighted by atomic mass is 32.2. The molecular formula is C11H9F2N3O4S. The number of aromatic carboxylic acids is 1. The fourth-order valence-corrected chi connectivity index (χ4v) is 2.62. The lowest BCUT2D eigenvalue weighted by Crippen LogP contribution is -2.25. The van der Waals surface area contributed by atoms with Gasteiger partial charge in [-0.05, 0) is 12.1 Å². The van der Waals surface area contributed by atoms with E-state index in [9.17, 15) is 22.0 Å². The average Bonchev–Trinajstić information content (AvgIpc) is 2.92. The lowest BCUT2D eigenvalue weighted by molar-refractivity contribution is 0.0696. The average molecular weight is 317 g/mol. The first kappa shape index (κ1) is 15.1. The minimum Gasteiger partial charge on any atom is -0.478 e. The van der Waals surface area contributed by atoms with Gasteiger partial charge >= 0.3 is 5.97 Å². The van der Waals surface area contributed by atoms with Crippen molar-refractivity contribution >= 4 is 16.0 Å². The zero-order valence-corrected chi connectivity index (χ0v) is 11.1. The van der Waals surface area contributed by atoms with E-state index >= 15 is 0 Å². The highest BCUT2D eigenvalue weighted by Crippen LogP contribution is 2.20. The van der Waals surface area contributed by atoms with Gasteiger partial charge in [0.25, 0.3) is 0 Å². The number of imidazole rings is 1. The summed E-state index contributed by atoms with van der Waals surface area (Å²) in [4.78, 5) is 16.1. The maximum Gasteiger partial charge on any atom is 0.335 e. The number of carbonyl (C=O) groups is 1. The predicted octanol–water partition coefficient (Wildman–Crippen LogP) is 0.865. The fraction of sp³-hybridized carbons (Fsp3) is 0.0909. The van der Waals surface area contributed by atoms with Crippen LogP contribution in [0, 0.1) is 11.6 Å². The number of H-pyrrole nitrogens is 1. The number of carboxylic acids is 1. The molecule has 0 aliphatic carbocycles. The van der Waals surface area contributed by atoms with Gasteiger partial charge in [0.2, 0.25) is 10.0 Å². The minimum atomic E-state index is -4.43. The minimum absolute atomic E-state index is 0.258. The molecule has 0 unspecified atom stereocenters.